The van der Waals surface area contributed by atoms with Crippen LogP contribution in [0, 0.1) is 11.8 Å². The first-order valence-corrected chi connectivity index (χ1v) is 7.34. The maximum absolute atomic E-state index is 12.2. The number of amides is 1. The predicted octanol–water partition coefficient (Wildman–Crippen LogP) is 4.98. The van der Waals surface area contributed by atoms with E-state index in [1.54, 1.807) is 19.1 Å². The highest BCUT2D eigenvalue weighted by Crippen LogP contribution is 2.26. The van der Waals surface area contributed by atoms with Gasteiger partial charge >= 0.3 is 6.18 Å². The zero-order valence-electron chi connectivity index (χ0n) is 13.3. The number of benzene rings is 2. The first kappa shape index (κ1) is 18.4. The van der Waals surface area contributed by atoms with Crippen LogP contribution in [0.1, 0.15) is 22.3 Å². The summed E-state index contributed by atoms with van der Waals surface area (Å²) in [5.41, 5.74) is 1.52. The van der Waals surface area contributed by atoms with Crippen LogP contribution in [0.5, 0.6) is 5.75 Å². The normalized spacial score (nSPS) is 11.0. The lowest BCUT2D eigenvalue weighted by Crippen LogP contribution is -2.14. The molecule has 1 N–H and O–H groups in total. The van der Waals surface area contributed by atoms with E-state index in [-0.39, 0.29) is 11.4 Å². The molecule has 0 aromatic heterocycles. The molecule has 0 bridgehead atoms. The molecule has 8 heteroatoms. The van der Waals surface area contributed by atoms with E-state index in [0.717, 1.165) is 0 Å². The maximum Gasteiger partial charge on any atom is 0.392 e. The zero-order valence-corrected chi connectivity index (χ0v) is 13.3. The van der Waals surface area contributed by atoms with Gasteiger partial charge in [0.2, 0.25) is 0 Å². The van der Waals surface area contributed by atoms with Gasteiger partial charge in [0.25, 0.3) is 5.91 Å². The van der Waals surface area contributed by atoms with Crippen LogP contribution >= 0.6 is 0 Å². The topological polar surface area (TPSA) is 67.8 Å². The number of carbonyl (C=O) groups excluding carboxylic acids is 1. The van der Waals surface area contributed by atoms with Gasteiger partial charge in [-0.2, -0.15) is 13.2 Å². The van der Waals surface area contributed by atoms with Gasteiger partial charge < -0.3 is 10.1 Å². The fourth-order valence-corrected chi connectivity index (χ4v) is 2.04. The third-order valence-corrected chi connectivity index (χ3v) is 3.42. The molecule has 0 saturated heterocycles. The number of nitrogens with zero attached hydrogens (tertiary/aromatic N) is 1. The molecule has 0 aliphatic heterocycles. The zero-order chi connectivity index (χ0) is 18.4. The van der Waals surface area contributed by atoms with E-state index in [2.05, 4.69) is 10.5 Å². The number of halogens is 3. The van der Waals surface area contributed by atoms with Crippen LogP contribution in [-0.4, -0.2) is 18.7 Å². The Labute approximate surface area is 141 Å². The summed E-state index contributed by atoms with van der Waals surface area (Å²) in [6.45, 7) is 1.17. The SMILES string of the molecule is Cc1c(N=O)cccc1NC(=O)c1ccc(OCCC(F)(F)F)cc1. The van der Waals surface area contributed by atoms with E-state index in [4.69, 9.17) is 4.74 Å². The number of nitrogens with one attached hydrogen (secondary N) is 1. The van der Waals surface area contributed by atoms with Crippen LogP contribution in [0.3, 0.4) is 0 Å². The van der Waals surface area contributed by atoms with Gasteiger partial charge in [-0.1, -0.05) is 6.07 Å². The molecule has 132 valence electrons. The van der Waals surface area contributed by atoms with Crippen molar-refractivity contribution >= 4 is 17.3 Å². The molecule has 25 heavy (non-hydrogen) atoms. The van der Waals surface area contributed by atoms with E-state index in [9.17, 15) is 22.9 Å². The number of nitroso groups, excluding NO2 is 1. The molecule has 2 rings (SSSR count). The second kappa shape index (κ2) is 7.78. The Morgan fingerprint density at radius 2 is 1.84 bits per heavy atom. The van der Waals surface area contributed by atoms with E-state index in [0.29, 0.717) is 16.8 Å². The van der Waals surface area contributed by atoms with Gasteiger partial charge in [0, 0.05) is 16.8 Å². The number of ether oxygens (including phenoxy) is 1. The standard InChI is InChI=1S/C17H15F3N2O3/c1-11-14(3-2-4-15(11)22-24)21-16(23)12-5-7-13(8-6-12)25-10-9-17(18,19)20/h2-8H,9-10H2,1H3,(H,21,23). The van der Waals surface area contributed by atoms with Crippen molar-refractivity contribution in [1.29, 1.82) is 0 Å². The van der Waals surface area contributed by atoms with Gasteiger partial charge in [-0.05, 0) is 48.5 Å². The number of hydrogen-bond acceptors (Lipinski definition) is 4. The van der Waals surface area contributed by atoms with Gasteiger partial charge in [0.1, 0.15) is 11.4 Å². The molecule has 1 amide bonds. The molecule has 0 saturated carbocycles. The smallest absolute Gasteiger partial charge is 0.392 e. The lowest BCUT2D eigenvalue weighted by atomic mass is 10.1. The highest BCUT2D eigenvalue weighted by Gasteiger charge is 2.26. The Morgan fingerprint density at radius 3 is 2.44 bits per heavy atom. The Kier molecular flexibility index (Phi) is 5.74. The lowest BCUT2D eigenvalue weighted by Gasteiger charge is -2.11. The van der Waals surface area contributed by atoms with Crippen molar-refractivity contribution in [1.82, 2.24) is 0 Å². The number of alkyl halides is 3. The van der Waals surface area contributed by atoms with Crippen LogP contribution in [0.4, 0.5) is 24.5 Å². The summed E-state index contributed by atoms with van der Waals surface area (Å²) in [7, 11) is 0. The van der Waals surface area contributed by atoms with Crippen LogP contribution in [0.15, 0.2) is 47.6 Å². The summed E-state index contributed by atoms with van der Waals surface area (Å²) in [6, 6.07) is 10.5. The largest absolute Gasteiger partial charge is 0.493 e. The average Bonchev–Trinajstić information content (AvgIpc) is 2.56. The molecular formula is C17H15F3N2O3. The average molecular weight is 352 g/mol. The third-order valence-electron chi connectivity index (χ3n) is 3.42. The number of hydrogen-bond donors (Lipinski definition) is 1. The number of rotatable bonds is 6. The highest BCUT2D eigenvalue weighted by atomic mass is 19.4. The second-order valence-corrected chi connectivity index (χ2v) is 5.23. The third kappa shape index (κ3) is 5.30. The molecule has 5 nitrogen and oxygen atoms in total. The number of carbonyl (C=O) groups is 1. The minimum Gasteiger partial charge on any atom is -0.493 e. The summed E-state index contributed by atoms with van der Waals surface area (Å²) < 4.78 is 41.2. The molecule has 0 spiro atoms. The molecule has 0 unspecified atom stereocenters. The highest BCUT2D eigenvalue weighted by molar-refractivity contribution is 6.05. The Balaban J connectivity index is 2.00. The van der Waals surface area contributed by atoms with Crippen molar-refractivity contribution in [3.05, 3.63) is 58.5 Å². The van der Waals surface area contributed by atoms with Crippen molar-refractivity contribution in [2.75, 3.05) is 11.9 Å². The monoisotopic (exact) mass is 352 g/mol. The molecule has 2 aromatic carbocycles. The van der Waals surface area contributed by atoms with Gasteiger partial charge in [-0.3, -0.25) is 4.79 Å². The van der Waals surface area contributed by atoms with Gasteiger partial charge in [-0.25, -0.2) is 0 Å². The van der Waals surface area contributed by atoms with Crippen LogP contribution < -0.4 is 10.1 Å². The Hall–Kier alpha value is -2.90. The summed E-state index contributed by atoms with van der Waals surface area (Å²) in [5.74, 6) is -0.183. The van der Waals surface area contributed by atoms with Crippen LogP contribution in [-0.2, 0) is 0 Å². The maximum atomic E-state index is 12.2. The number of anilines is 1. The molecule has 0 aliphatic carbocycles. The predicted molar refractivity (Wildman–Crippen MR) is 87.2 cm³/mol. The first-order chi connectivity index (χ1) is 11.8. The van der Waals surface area contributed by atoms with E-state index >= 15 is 0 Å². The van der Waals surface area contributed by atoms with E-state index in [1.165, 1.54) is 30.3 Å². The lowest BCUT2D eigenvalue weighted by molar-refractivity contribution is -0.139. The van der Waals surface area contributed by atoms with Crippen LogP contribution in [0.2, 0.25) is 0 Å². The minimum atomic E-state index is -4.28. The van der Waals surface area contributed by atoms with Crippen molar-refractivity contribution < 1.29 is 22.7 Å². The summed E-state index contributed by atoms with van der Waals surface area (Å²) in [6.07, 6.45) is -5.32. The molecule has 0 fully saturated rings. The molecule has 2 aromatic rings. The first-order valence-electron chi connectivity index (χ1n) is 7.34. The fraction of sp³-hybridized carbons (Fsp3) is 0.235. The second-order valence-electron chi connectivity index (χ2n) is 5.23. The van der Waals surface area contributed by atoms with E-state index in [1.807, 2.05) is 0 Å². The van der Waals surface area contributed by atoms with Crippen molar-refractivity contribution in [3.8, 4) is 5.75 Å². The van der Waals surface area contributed by atoms with Crippen molar-refractivity contribution in [2.45, 2.75) is 19.5 Å². The van der Waals surface area contributed by atoms with E-state index < -0.39 is 25.1 Å². The van der Waals surface area contributed by atoms with Crippen LogP contribution in [0.25, 0.3) is 0 Å². The summed E-state index contributed by atoms with van der Waals surface area (Å²) in [4.78, 5) is 22.9. The van der Waals surface area contributed by atoms with Crippen molar-refractivity contribution in [3.63, 3.8) is 0 Å². The quantitative estimate of drug-likeness (QED) is 0.746. The fourth-order valence-electron chi connectivity index (χ4n) is 2.04. The van der Waals surface area contributed by atoms with Crippen molar-refractivity contribution in [2.24, 2.45) is 5.18 Å². The van der Waals surface area contributed by atoms with Gasteiger partial charge in [-0.15, -0.1) is 4.91 Å². The molecule has 0 aliphatic rings. The summed E-state index contributed by atoms with van der Waals surface area (Å²) >= 11 is 0. The molecule has 0 radical (unpaired) electrons. The van der Waals surface area contributed by atoms with Gasteiger partial charge in [0.15, 0.2) is 0 Å². The van der Waals surface area contributed by atoms with Gasteiger partial charge in [0.05, 0.1) is 13.0 Å². The Bertz CT molecular complexity index is 759. The summed E-state index contributed by atoms with van der Waals surface area (Å²) in [5, 5.41) is 5.53. The minimum absolute atomic E-state index is 0.228. The Morgan fingerprint density at radius 1 is 1.16 bits per heavy atom. The molecular weight excluding hydrogens is 337 g/mol. The molecule has 0 heterocycles. The molecule has 0 atom stereocenters.